The van der Waals surface area contributed by atoms with Crippen LogP contribution in [0.4, 0.5) is 4.39 Å². The second-order valence-corrected chi connectivity index (χ2v) is 4.51. The van der Waals surface area contributed by atoms with Crippen LogP contribution in [0.2, 0.25) is 0 Å². The molecule has 0 bridgehead atoms. The second-order valence-electron chi connectivity index (χ2n) is 3.66. The number of ether oxygens (including phenoxy) is 1. The monoisotopic (exact) mass is 324 g/mol. The Labute approximate surface area is 117 Å². The van der Waals surface area contributed by atoms with E-state index in [0.717, 1.165) is 0 Å². The topological polar surface area (TPSA) is 67.8 Å². The Morgan fingerprint density at radius 2 is 1.95 bits per heavy atom. The zero-order valence-corrected chi connectivity index (χ0v) is 11.3. The minimum atomic E-state index is -0.417. The molecule has 0 saturated carbocycles. The average Bonchev–Trinajstić information content (AvgIpc) is 2.42. The lowest BCUT2D eigenvalue weighted by Gasteiger charge is -2.11. The van der Waals surface area contributed by atoms with Gasteiger partial charge in [0.2, 0.25) is 0 Å². The smallest absolute Gasteiger partial charge is 0.173 e. The molecule has 2 aromatic carbocycles. The van der Waals surface area contributed by atoms with Crippen molar-refractivity contribution in [3.05, 3.63) is 58.3 Å². The van der Waals surface area contributed by atoms with Crippen molar-refractivity contribution in [2.24, 2.45) is 10.9 Å². The first-order valence-electron chi connectivity index (χ1n) is 5.31. The molecule has 0 amide bonds. The van der Waals surface area contributed by atoms with E-state index in [9.17, 15) is 4.39 Å². The van der Waals surface area contributed by atoms with Crippen molar-refractivity contribution in [2.75, 3.05) is 0 Å². The van der Waals surface area contributed by atoms with E-state index in [1.54, 1.807) is 24.3 Å². The van der Waals surface area contributed by atoms with Gasteiger partial charge in [0.25, 0.3) is 0 Å². The van der Waals surface area contributed by atoms with Gasteiger partial charge in [0.1, 0.15) is 17.3 Å². The van der Waals surface area contributed by atoms with Gasteiger partial charge in [0.05, 0.1) is 10.0 Å². The highest BCUT2D eigenvalue weighted by molar-refractivity contribution is 9.10. The van der Waals surface area contributed by atoms with Gasteiger partial charge < -0.3 is 15.7 Å². The lowest BCUT2D eigenvalue weighted by molar-refractivity contribution is 0.318. The summed E-state index contributed by atoms with van der Waals surface area (Å²) < 4.78 is 19.4. The van der Waals surface area contributed by atoms with Crippen molar-refractivity contribution in [1.82, 2.24) is 0 Å². The molecule has 3 N–H and O–H groups in total. The van der Waals surface area contributed by atoms with Crippen molar-refractivity contribution in [3.63, 3.8) is 0 Å². The van der Waals surface area contributed by atoms with Gasteiger partial charge in [-0.1, -0.05) is 17.3 Å². The number of nitrogens with two attached hydrogens (primary N) is 1. The lowest BCUT2D eigenvalue weighted by Crippen LogP contribution is -2.14. The SMILES string of the molecule is N/C(=N/O)c1ccccc1Oc1cc(F)ccc1Br. The molecule has 6 heteroatoms. The maximum atomic E-state index is 13.2. The number of benzene rings is 2. The Balaban J connectivity index is 2.41. The van der Waals surface area contributed by atoms with Gasteiger partial charge in [0, 0.05) is 6.07 Å². The molecule has 0 aliphatic carbocycles. The summed E-state index contributed by atoms with van der Waals surface area (Å²) in [5.74, 6) is 0.171. The second kappa shape index (κ2) is 5.71. The van der Waals surface area contributed by atoms with Gasteiger partial charge in [-0.05, 0) is 40.2 Å². The maximum absolute atomic E-state index is 13.2. The number of amidine groups is 1. The Bertz CT molecular complexity index is 632. The molecule has 4 nitrogen and oxygen atoms in total. The van der Waals surface area contributed by atoms with E-state index < -0.39 is 5.82 Å². The zero-order chi connectivity index (χ0) is 13.8. The summed E-state index contributed by atoms with van der Waals surface area (Å²) in [5, 5.41) is 11.6. The van der Waals surface area contributed by atoms with E-state index >= 15 is 0 Å². The van der Waals surface area contributed by atoms with Crippen LogP contribution in [0.3, 0.4) is 0 Å². The van der Waals surface area contributed by atoms with Gasteiger partial charge >= 0.3 is 0 Å². The Kier molecular flexibility index (Phi) is 4.01. The van der Waals surface area contributed by atoms with Gasteiger partial charge in [0.15, 0.2) is 5.84 Å². The van der Waals surface area contributed by atoms with Gasteiger partial charge in [-0.15, -0.1) is 0 Å². The molecule has 0 atom stereocenters. The molecule has 2 rings (SSSR count). The van der Waals surface area contributed by atoms with Crippen LogP contribution in [0, 0.1) is 5.82 Å². The highest BCUT2D eigenvalue weighted by Gasteiger charge is 2.10. The molecule has 0 radical (unpaired) electrons. The molecule has 0 saturated heterocycles. The summed E-state index contributed by atoms with van der Waals surface area (Å²) in [7, 11) is 0. The van der Waals surface area contributed by atoms with E-state index in [2.05, 4.69) is 21.1 Å². The van der Waals surface area contributed by atoms with Crippen LogP contribution in [0.15, 0.2) is 52.1 Å². The summed E-state index contributed by atoms with van der Waals surface area (Å²) in [6, 6.07) is 10.8. The molecule has 98 valence electrons. The van der Waals surface area contributed by atoms with Crippen LogP contribution in [-0.2, 0) is 0 Å². The molecule has 0 aliphatic heterocycles. The molecule has 19 heavy (non-hydrogen) atoms. The molecule has 0 unspecified atom stereocenters. The van der Waals surface area contributed by atoms with Crippen LogP contribution in [-0.4, -0.2) is 11.0 Å². The number of para-hydroxylation sites is 1. The standard InChI is InChI=1S/C13H10BrFN2O2/c14-10-6-5-8(15)7-12(10)19-11-4-2-1-3-9(11)13(16)17-18/h1-7,18H,(H2,16,17). The first kappa shape index (κ1) is 13.4. The number of rotatable bonds is 3. The number of hydrogen-bond acceptors (Lipinski definition) is 3. The third-order valence-corrected chi connectivity index (χ3v) is 3.04. The predicted molar refractivity (Wildman–Crippen MR) is 73.1 cm³/mol. The number of hydrogen-bond donors (Lipinski definition) is 2. The van der Waals surface area contributed by atoms with Crippen LogP contribution in [0.25, 0.3) is 0 Å². The fourth-order valence-corrected chi connectivity index (χ4v) is 1.82. The Morgan fingerprint density at radius 1 is 1.21 bits per heavy atom. The van der Waals surface area contributed by atoms with Crippen molar-refractivity contribution in [3.8, 4) is 11.5 Å². The van der Waals surface area contributed by atoms with Gasteiger partial charge in [-0.3, -0.25) is 0 Å². The molecular formula is C13H10BrFN2O2. The molecule has 0 fully saturated rings. The van der Waals surface area contributed by atoms with Gasteiger partial charge in [-0.2, -0.15) is 0 Å². The number of oxime groups is 1. The highest BCUT2D eigenvalue weighted by Crippen LogP contribution is 2.31. The van der Waals surface area contributed by atoms with Crippen molar-refractivity contribution < 1.29 is 14.3 Å². The summed E-state index contributed by atoms with van der Waals surface area (Å²) >= 11 is 3.26. The number of nitrogens with zero attached hydrogens (tertiary/aromatic N) is 1. The summed E-state index contributed by atoms with van der Waals surface area (Å²) in [5.41, 5.74) is 5.97. The normalized spacial score (nSPS) is 11.4. The fourth-order valence-electron chi connectivity index (χ4n) is 1.49. The minimum absolute atomic E-state index is 0.0804. The van der Waals surface area contributed by atoms with E-state index in [-0.39, 0.29) is 5.84 Å². The first-order chi connectivity index (χ1) is 9.11. The van der Waals surface area contributed by atoms with Crippen LogP contribution in [0.1, 0.15) is 5.56 Å². The predicted octanol–water partition coefficient (Wildman–Crippen LogP) is 3.48. The average molecular weight is 325 g/mol. The molecule has 2 aromatic rings. The minimum Gasteiger partial charge on any atom is -0.455 e. The summed E-state index contributed by atoms with van der Waals surface area (Å²) in [6.45, 7) is 0. The summed E-state index contributed by atoms with van der Waals surface area (Å²) in [4.78, 5) is 0. The Morgan fingerprint density at radius 3 is 2.68 bits per heavy atom. The fraction of sp³-hybridized carbons (Fsp3) is 0. The molecule has 0 aliphatic rings. The van der Waals surface area contributed by atoms with Crippen molar-refractivity contribution in [2.45, 2.75) is 0 Å². The van der Waals surface area contributed by atoms with Gasteiger partial charge in [-0.25, -0.2) is 4.39 Å². The van der Waals surface area contributed by atoms with E-state index in [0.29, 0.717) is 21.5 Å². The van der Waals surface area contributed by atoms with E-state index in [4.69, 9.17) is 15.7 Å². The lowest BCUT2D eigenvalue weighted by atomic mass is 10.2. The first-order valence-corrected chi connectivity index (χ1v) is 6.11. The van der Waals surface area contributed by atoms with Crippen molar-refractivity contribution in [1.29, 1.82) is 0 Å². The summed E-state index contributed by atoms with van der Waals surface area (Å²) in [6.07, 6.45) is 0. The third kappa shape index (κ3) is 3.03. The van der Waals surface area contributed by atoms with E-state index in [1.807, 2.05) is 0 Å². The largest absolute Gasteiger partial charge is 0.455 e. The van der Waals surface area contributed by atoms with Crippen LogP contribution < -0.4 is 10.5 Å². The quantitative estimate of drug-likeness (QED) is 0.393. The molecule has 0 spiro atoms. The van der Waals surface area contributed by atoms with E-state index in [1.165, 1.54) is 18.2 Å². The van der Waals surface area contributed by atoms with Crippen molar-refractivity contribution >= 4 is 21.8 Å². The molecule has 0 heterocycles. The number of halogens is 2. The Hall–Kier alpha value is -2.08. The molecular weight excluding hydrogens is 315 g/mol. The maximum Gasteiger partial charge on any atom is 0.173 e. The molecule has 0 aromatic heterocycles. The van der Waals surface area contributed by atoms with Crippen LogP contribution >= 0.6 is 15.9 Å². The zero-order valence-electron chi connectivity index (χ0n) is 9.68. The van der Waals surface area contributed by atoms with Crippen LogP contribution in [0.5, 0.6) is 11.5 Å². The third-order valence-electron chi connectivity index (χ3n) is 2.38. The highest BCUT2D eigenvalue weighted by atomic mass is 79.9.